The van der Waals surface area contributed by atoms with Gasteiger partial charge in [0, 0.05) is 6.54 Å². The zero-order chi connectivity index (χ0) is 17.6. The molecule has 0 saturated carbocycles. The Bertz CT molecular complexity index is 747. The van der Waals surface area contributed by atoms with Gasteiger partial charge in [-0.15, -0.1) is 0 Å². The normalized spacial score (nSPS) is 17.9. The summed E-state index contributed by atoms with van der Waals surface area (Å²) in [6.07, 6.45) is 6.50. The average molecular weight is 348 g/mol. The number of nitrogen functional groups attached to an aromatic ring is 1. The van der Waals surface area contributed by atoms with Gasteiger partial charge in [0.15, 0.2) is 11.5 Å². The van der Waals surface area contributed by atoms with E-state index in [9.17, 15) is 4.79 Å². The molecule has 0 amide bonds. The third-order valence-corrected chi connectivity index (χ3v) is 4.75. The van der Waals surface area contributed by atoms with Crippen molar-refractivity contribution in [1.82, 2.24) is 24.8 Å². The van der Waals surface area contributed by atoms with Crippen LogP contribution in [-0.2, 0) is 6.54 Å². The fourth-order valence-corrected chi connectivity index (χ4v) is 3.32. The molecule has 1 atom stereocenters. The Labute approximate surface area is 147 Å². The third kappa shape index (κ3) is 4.31. The van der Waals surface area contributed by atoms with Crippen molar-refractivity contribution in [3.8, 4) is 6.01 Å². The summed E-state index contributed by atoms with van der Waals surface area (Å²) >= 11 is 0. The molecule has 8 nitrogen and oxygen atoms in total. The standard InChI is InChI=1S/C17H28N6O2/c1-2-3-10-25-16-21-14(18)13-15(22-16)23(17(24)20-13)9-5-7-12-6-4-8-19-11-12/h12,19H,2-11H2,1H3,(H,20,24)(H2,18,21,22). The van der Waals surface area contributed by atoms with Crippen LogP contribution in [0.15, 0.2) is 4.79 Å². The predicted molar refractivity (Wildman–Crippen MR) is 97.8 cm³/mol. The summed E-state index contributed by atoms with van der Waals surface area (Å²) in [5, 5.41) is 3.43. The van der Waals surface area contributed by atoms with E-state index in [4.69, 9.17) is 10.5 Å². The van der Waals surface area contributed by atoms with Crippen LogP contribution in [0.2, 0.25) is 0 Å². The number of aryl methyl sites for hydroxylation is 1. The van der Waals surface area contributed by atoms with Gasteiger partial charge in [-0.25, -0.2) is 4.79 Å². The fourth-order valence-electron chi connectivity index (χ4n) is 3.32. The summed E-state index contributed by atoms with van der Waals surface area (Å²) < 4.78 is 7.21. The second-order valence-corrected chi connectivity index (χ2v) is 6.73. The number of piperidine rings is 1. The van der Waals surface area contributed by atoms with Crippen LogP contribution in [0.3, 0.4) is 0 Å². The molecule has 2 aromatic rings. The molecule has 1 fully saturated rings. The smallest absolute Gasteiger partial charge is 0.327 e. The van der Waals surface area contributed by atoms with Gasteiger partial charge in [-0.2, -0.15) is 9.97 Å². The highest BCUT2D eigenvalue weighted by atomic mass is 16.5. The van der Waals surface area contributed by atoms with Gasteiger partial charge in [0.25, 0.3) is 0 Å². The number of nitrogens with zero attached hydrogens (tertiary/aromatic N) is 3. The molecule has 2 aromatic heterocycles. The molecule has 8 heteroatoms. The summed E-state index contributed by atoms with van der Waals surface area (Å²) in [6.45, 7) is 5.46. The lowest BCUT2D eigenvalue weighted by Crippen LogP contribution is -2.30. The van der Waals surface area contributed by atoms with E-state index in [-0.39, 0.29) is 17.5 Å². The second kappa shape index (κ2) is 8.33. The largest absolute Gasteiger partial charge is 0.463 e. The molecule has 0 spiro atoms. The lowest BCUT2D eigenvalue weighted by molar-refractivity contribution is 0.286. The number of aromatic amines is 1. The molecule has 25 heavy (non-hydrogen) atoms. The molecular weight excluding hydrogens is 320 g/mol. The summed E-state index contributed by atoms with van der Waals surface area (Å²) in [5.41, 5.74) is 6.80. The van der Waals surface area contributed by atoms with Crippen molar-refractivity contribution in [3.05, 3.63) is 10.5 Å². The molecule has 0 bridgehead atoms. The van der Waals surface area contributed by atoms with Gasteiger partial charge in [0.2, 0.25) is 0 Å². The van der Waals surface area contributed by atoms with Gasteiger partial charge in [-0.3, -0.25) is 4.57 Å². The minimum atomic E-state index is -0.191. The number of imidazole rings is 1. The molecule has 4 N–H and O–H groups in total. The molecule has 3 heterocycles. The topological polar surface area (TPSA) is 111 Å². The molecule has 1 saturated heterocycles. The molecule has 1 unspecified atom stereocenters. The highest BCUT2D eigenvalue weighted by molar-refractivity contribution is 5.81. The molecule has 0 aliphatic carbocycles. The summed E-state index contributed by atoms with van der Waals surface area (Å²) in [7, 11) is 0. The van der Waals surface area contributed by atoms with Crippen molar-refractivity contribution in [2.75, 3.05) is 25.4 Å². The Morgan fingerprint density at radius 3 is 3.00 bits per heavy atom. The van der Waals surface area contributed by atoms with Gasteiger partial charge in [0.1, 0.15) is 5.52 Å². The SMILES string of the molecule is CCCCOc1nc(N)c2[nH]c(=O)n(CCCC3CCCNC3)c2n1. The lowest BCUT2D eigenvalue weighted by Gasteiger charge is -2.22. The second-order valence-electron chi connectivity index (χ2n) is 6.73. The van der Waals surface area contributed by atoms with Crippen molar-refractivity contribution in [3.63, 3.8) is 0 Å². The van der Waals surface area contributed by atoms with Crippen molar-refractivity contribution in [2.24, 2.45) is 5.92 Å². The van der Waals surface area contributed by atoms with Crippen LogP contribution < -0.4 is 21.5 Å². The van der Waals surface area contributed by atoms with Gasteiger partial charge < -0.3 is 20.8 Å². The first-order valence-corrected chi connectivity index (χ1v) is 9.28. The zero-order valence-electron chi connectivity index (χ0n) is 14.9. The van der Waals surface area contributed by atoms with E-state index in [1.54, 1.807) is 4.57 Å². The Kier molecular flexibility index (Phi) is 5.91. The van der Waals surface area contributed by atoms with Crippen LogP contribution in [0.4, 0.5) is 5.82 Å². The molecule has 3 rings (SSSR count). The molecule has 1 aliphatic heterocycles. The first-order chi connectivity index (χ1) is 12.2. The minimum absolute atomic E-state index is 0.191. The summed E-state index contributed by atoms with van der Waals surface area (Å²) in [6, 6.07) is 0.239. The Morgan fingerprint density at radius 1 is 1.36 bits per heavy atom. The molecule has 0 aromatic carbocycles. The molecule has 1 aliphatic rings. The third-order valence-electron chi connectivity index (χ3n) is 4.75. The van der Waals surface area contributed by atoms with Crippen LogP contribution >= 0.6 is 0 Å². The summed E-state index contributed by atoms with van der Waals surface area (Å²) in [5.74, 6) is 0.950. The van der Waals surface area contributed by atoms with Crippen LogP contribution in [-0.4, -0.2) is 39.2 Å². The van der Waals surface area contributed by atoms with E-state index in [0.717, 1.165) is 38.8 Å². The number of anilines is 1. The van der Waals surface area contributed by atoms with Crippen molar-refractivity contribution in [2.45, 2.75) is 52.0 Å². The number of ether oxygens (including phenoxy) is 1. The van der Waals surface area contributed by atoms with E-state index in [1.165, 1.54) is 12.8 Å². The van der Waals surface area contributed by atoms with Gasteiger partial charge >= 0.3 is 11.7 Å². The highest BCUT2D eigenvalue weighted by Crippen LogP contribution is 2.20. The van der Waals surface area contributed by atoms with Crippen molar-refractivity contribution < 1.29 is 4.74 Å². The molecule has 0 radical (unpaired) electrons. The molecule has 138 valence electrons. The maximum Gasteiger partial charge on any atom is 0.327 e. The van der Waals surface area contributed by atoms with Gasteiger partial charge in [0.05, 0.1) is 6.61 Å². The van der Waals surface area contributed by atoms with Gasteiger partial charge in [-0.05, 0) is 51.1 Å². The monoisotopic (exact) mass is 348 g/mol. The zero-order valence-corrected chi connectivity index (χ0v) is 14.9. The van der Waals surface area contributed by atoms with Gasteiger partial charge in [-0.1, -0.05) is 13.3 Å². The van der Waals surface area contributed by atoms with E-state index < -0.39 is 0 Å². The van der Waals surface area contributed by atoms with E-state index in [2.05, 4.69) is 27.2 Å². The molecular formula is C17H28N6O2. The van der Waals surface area contributed by atoms with E-state index >= 15 is 0 Å². The fraction of sp³-hybridized carbons (Fsp3) is 0.706. The highest BCUT2D eigenvalue weighted by Gasteiger charge is 2.16. The number of nitrogens with one attached hydrogen (secondary N) is 2. The predicted octanol–water partition coefficient (Wildman–Crippen LogP) is 1.66. The number of hydrogen-bond donors (Lipinski definition) is 3. The van der Waals surface area contributed by atoms with Crippen LogP contribution in [0, 0.1) is 5.92 Å². The number of unbranched alkanes of at least 4 members (excludes halogenated alkanes) is 1. The Morgan fingerprint density at radius 2 is 2.24 bits per heavy atom. The first-order valence-electron chi connectivity index (χ1n) is 9.28. The number of nitrogens with two attached hydrogens (primary N) is 1. The van der Waals surface area contributed by atoms with Crippen molar-refractivity contribution in [1.29, 1.82) is 0 Å². The summed E-state index contributed by atoms with van der Waals surface area (Å²) in [4.78, 5) is 23.6. The van der Waals surface area contributed by atoms with Crippen molar-refractivity contribution >= 4 is 17.0 Å². The first kappa shape index (κ1) is 17.7. The minimum Gasteiger partial charge on any atom is -0.463 e. The number of hydrogen-bond acceptors (Lipinski definition) is 6. The number of rotatable bonds is 8. The lowest BCUT2D eigenvalue weighted by atomic mass is 9.95. The number of H-pyrrole nitrogens is 1. The maximum absolute atomic E-state index is 12.3. The van der Waals surface area contributed by atoms with E-state index in [0.29, 0.717) is 30.2 Å². The Balaban J connectivity index is 1.72. The number of fused-ring (bicyclic) bond motifs is 1. The quantitative estimate of drug-likeness (QED) is 0.626. The number of aromatic nitrogens is 4. The Hall–Kier alpha value is -2.09. The van der Waals surface area contributed by atoms with E-state index in [1.807, 2.05) is 0 Å². The maximum atomic E-state index is 12.3. The van der Waals surface area contributed by atoms with Crippen LogP contribution in [0.1, 0.15) is 45.4 Å². The average Bonchev–Trinajstić information content (AvgIpc) is 2.93. The van der Waals surface area contributed by atoms with Crippen LogP contribution in [0.25, 0.3) is 11.2 Å². The van der Waals surface area contributed by atoms with Crippen LogP contribution in [0.5, 0.6) is 6.01 Å².